The fourth-order valence-electron chi connectivity index (χ4n) is 2.29. The number of anilines is 2. The SMILES string of the molecule is N#Cc1c(NCC(F)(F)F)nn(C2CCCC2)c1N. The largest absolute Gasteiger partial charge is 0.405 e. The maximum Gasteiger partial charge on any atom is 0.405 e. The predicted octanol–water partition coefficient (Wildman–Crippen LogP) is 2.43. The van der Waals surface area contributed by atoms with E-state index in [2.05, 4.69) is 10.4 Å². The zero-order chi connectivity index (χ0) is 14.0. The molecule has 0 spiro atoms. The highest BCUT2D eigenvalue weighted by molar-refractivity contribution is 5.64. The Morgan fingerprint density at radius 3 is 2.58 bits per heavy atom. The van der Waals surface area contributed by atoms with Crippen LogP contribution in [0.2, 0.25) is 0 Å². The molecule has 0 radical (unpaired) electrons. The number of nitrogen functional groups attached to an aromatic ring is 1. The molecule has 0 bridgehead atoms. The Kier molecular flexibility index (Phi) is 3.55. The first-order valence-electron chi connectivity index (χ1n) is 6.01. The molecule has 1 fully saturated rings. The van der Waals surface area contributed by atoms with Gasteiger partial charge in [0.15, 0.2) is 5.82 Å². The van der Waals surface area contributed by atoms with Crippen molar-refractivity contribution in [2.75, 3.05) is 17.6 Å². The first-order chi connectivity index (χ1) is 8.92. The minimum Gasteiger partial charge on any atom is -0.383 e. The van der Waals surface area contributed by atoms with Gasteiger partial charge in [-0.15, -0.1) is 0 Å². The Balaban J connectivity index is 2.23. The van der Waals surface area contributed by atoms with Crippen molar-refractivity contribution in [2.24, 2.45) is 0 Å². The van der Waals surface area contributed by atoms with Gasteiger partial charge in [0.05, 0.1) is 6.04 Å². The molecule has 0 atom stereocenters. The van der Waals surface area contributed by atoms with Crippen LogP contribution < -0.4 is 11.1 Å². The molecule has 0 saturated heterocycles. The van der Waals surface area contributed by atoms with Crippen LogP contribution in [-0.4, -0.2) is 22.5 Å². The smallest absolute Gasteiger partial charge is 0.383 e. The normalized spacial score (nSPS) is 16.5. The third-order valence-electron chi connectivity index (χ3n) is 3.19. The quantitative estimate of drug-likeness (QED) is 0.886. The lowest BCUT2D eigenvalue weighted by Gasteiger charge is -2.11. The van der Waals surface area contributed by atoms with Gasteiger partial charge in [0.2, 0.25) is 0 Å². The number of nitrogens with two attached hydrogens (primary N) is 1. The fraction of sp³-hybridized carbons (Fsp3) is 0.636. The molecule has 1 aromatic heterocycles. The van der Waals surface area contributed by atoms with Crippen LogP contribution in [0.15, 0.2) is 0 Å². The zero-order valence-electron chi connectivity index (χ0n) is 10.2. The summed E-state index contributed by atoms with van der Waals surface area (Å²) < 4.78 is 38.0. The molecule has 1 aliphatic rings. The van der Waals surface area contributed by atoms with Gasteiger partial charge in [-0.2, -0.15) is 23.5 Å². The van der Waals surface area contributed by atoms with Crippen molar-refractivity contribution in [3.8, 4) is 6.07 Å². The number of hydrogen-bond donors (Lipinski definition) is 2. The highest BCUT2D eigenvalue weighted by Crippen LogP contribution is 2.34. The van der Waals surface area contributed by atoms with Crippen LogP contribution in [0.4, 0.5) is 24.8 Å². The summed E-state index contributed by atoms with van der Waals surface area (Å²) in [5, 5.41) is 15.1. The average molecular weight is 273 g/mol. The van der Waals surface area contributed by atoms with Gasteiger partial charge in [-0.25, -0.2) is 4.68 Å². The summed E-state index contributed by atoms with van der Waals surface area (Å²) in [6.07, 6.45) is -0.516. The molecule has 1 aliphatic carbocycles. The molecule has 0 aromatic carbocycles. The van der Waals surface area contributed by atoms with Gasteiger partial charge in [0, 0.05) is 0 Å². The summed E-state index contributed by atoms with van der Waals surface area (Å²) in [7, 11) is 0. The van der Waals surface area contributed by atoms with Crippen LogP contribution in [0.5, 0.6) is 0 Å². The Morgan fingerprint density at radius 2 is 2.05 bits per heavy atom. The van der Waals surface area contributed by atoms with Crippen LogP contribution in [0.1, 0.15) is 37.3 Å². The number of rotatable bonds is 3. The van der Waals surface area contributed by atoms with E-state index in [4.69, 9.17) is 11.0 Å². The molecule has 3 N–H and O–H groups in total. The fourth-order valence-corrected chi connectivity index (χ4v) is 2.29. The van der Waals surface area contributed by atoms with E-state index in [-0.39, 0.29) is 23.2 Å². The minimum atomic E-state index is -4.36. The van der Waals surface area contributed by atoms with Crippen molar-refractivity contribution in [3.63, 3.8) is 0 Å². The van der Waals surface area contributed by atoms with Gasteiger partial charge in [-0.05, 0) is 12.8 Å². The monoisotopic (exact) mass is 273 g/mol. The standard InChI is InChI=1S/C11H14F3N5/c12-11(13,14)6-17-10-8(5-15)9(16)19(18-10)7-3-1-2-4-7/h7H,1-4,6,16H2,(H,17,18). The molecule has 104 valence electrons. The molecular formula is C11H14F3N5. The Morgan fingerprint density at radius 1 is 1.42 bits per heavy atom. The number of halogens is 3. The van der Waals surface area contributed by atoms with Crippen LogP contribution in [0.3, 0.4) is 0 Å². The van der Waals surface area contributed by atoms with Crippen LogP contribution in [0, 0.1) is 11.3 Å². The second-order valence-electron chi connectivity index (χ2n) is 4.57. The number of nitrogens with one attached hydrogen (secondary N) is 1. The molecule has 0 aliphatic heterocycles. The highest BCUT2D eigenvalue weighted by atomic mass is 19.4. The van der Waals surface area contributed by atoms with Crippen LogP contribution >= 0.6 is 0 Å². The van der Waals surface area contributed by atoms with Crippen molar-refractivity contribution in [1.82, 2.24) is 9.78 Å². The van der Waals surface area contributed by atoms with E-state index in [0.29, 0.717) is 0 Å². The molecule has 1 aromatic rings. The van der Waals surface area contributed by atoms with E-state index in [1.165, 1.54) is 4.68 Å². The third-order valence-corrected chi connectivity index (χ3v) is 3.19. The van der Waals surface area contributed by atoms with Crippen molar-refractivity contribution < 1.29 is 13.2 Å². The molecule has 1 saturated carbocycles. The summed E-state index contributed by atoms with van der Waals surface area (Å²) in [4.78, 5) is 0. The first-order valence-corrected chi connectivity index (χ1v) is 6.01. The Hall–Kier alpha value is -1.91. The molecule has 5 nitrogen and oxygen atoms in total. The lowest BCUT2D eigenvalue weighted by molar-refractivity contribution is -0.115. The number of alkyl halides is 3. The second kappa shape index (κ2) is 4.99. The van der Waals surface area contributed by atoms with Gasteiger partial charge < -0.3 is 11.1 Å². The summed E-state index contributed by atoms with van der Waals surface area (Å²) >= 11 is 0. The van der Waals surface area contributed by atoms with E-state index >= 15 is 0 Å². The molecule has 8 heteroatoms. The molecule has 0 unspecified atom stereocenters. The van der Waals surface area contributed by atoms with Gasteiger partial charge in [0.1, 0.15) is 24.0 Å². The van der Waals surface area contributed by atoms with Gasteiger partial charge >= 0.3 is 6.18 Å². The van der Waals surface area contributed by atoms with E-state index in [0.717, 1.165) is 25.7 Å². The lowest BCUT2D eigenvalue weighted by Crippen LogP contribution is -2.22. The molecule has 19 heavy (non-hydrogen) atoms. The van der Waals surface area contributed by atoms with Crippen LogP contribution in [0.25, 0.3) is 0 Å². The van der Waals surface area contributed by atoms with Crippen molar-refractivity contribution in [2.45, 2.75) is 37.9 Å². The van der Waals surface area contributed by atoms with Crippen LogP contribution in [-0.2, 0) is 0 Å². The number of nitriles is 1. The Labute approximate surface area is 108 Å². The highest BCUT2D eigenvalue weighted by Gasteiger charge is 2.29. The number of aromatic nitrogens is 2. The number of nitrogens with zero attached hydrogens (tertiary/aromatic N) is 3. The average Bonchev–Trinajstić information content (AvgIpc) is 2.92. The van der Waals surface area contributed by atoms with Gasteiger partial charge in [-0.3, -0.25) is 0 Å². The summed E-state index contributed by atoms with van der Waals surface area (Å²) in [6.45, 7) is -1.23. The van der Waals surface area contributed by atoms with E-state index in [9.17, 15) is 13.2 Å². The third kappa shape index (κ3) is 2.92. The Bertz CT molecular complexity index is 494. The molecule has 0 amide bonds. The van der Waals surface area contributed by atoms with Gasteiger partial charge in [-0.1, -0.05) is 12.8 Å². The van der Waals surface area contributed by atoms with Crippen molar-refractivity contribution in [1.29, 1.82) is 5.26 Å². The maximum absolute atomic E-state index is 12.2. The molecule has 1 heterocycles. The molecular weight excluding hydrogens is 259 g/mol. The zero-order valence-corrected chi connectivity index (χ0v) is 10.2. The number of hydrogen-bond acceptors (Lipinski definition) is 4. The minimum absolute atomic E-state index is 0.0175. The maximum atomic E-state index is 12.2. The summed E-state index contributed by atoms with van der Waals surface area (Å²) in [5.74, 6) is 0.0447. The van der Waals surface area contributed by atoms with E-state index < -0.39 is 12.7 Å². The topological polar surface area (TPSA) is 79.7 Å². The first kappa shape index (κ1) is 13.5. The van der Waals surface area contributed by atoms with Gasteiger partial charge in [0.25, 0.3) is 0 Å². The van der Waals surface area contributed by atoms with Crippen molar-refractivity contribution in [3.05, 3.63) is 5.56 Å². The van der Waals surface area contributed by atoms with Crippen molar-refractivity contribution >= 4 is 11.6 Å². The van der Waals surface area contributed by atoms with E-state index in [1.54, 1.807) is 6.07 Å². The second-order valence-corrected chi connectivity index (χ2v) is 4.57. The molecule has 2 rings (SSSR count). The lowest BCUT2D eigenvalue weighted by atomic mass is 10.2. The predicted molar refractivity (Wildman–Crippen MR) is 63.4 cm³/mol. The summed E-state index contributed by atoms with van der Waals surface area (Å²) in [6, 6.07) is 1.88. The van der Waals surface area contributed by atoms with E-state index in [1.807, 2.05) is 0 Å². The summed E-state index contributed by atoms with van der Waals surface area (Å²) in [5.41, 5.74) is 5.77.